The van der Waals surface area contributed by atoms with E-state index in [9.17, 15) is 4.39 Å². The fourth-order valence-corrected chi connectivity index (χ4v) is 2.33. The van der Waals surface area contributed by atoms with E-state index in [4.69, 9.17) is 9.47 Å². The summed E-state index contributed by atoms with van der Waals surface area (Å²) in [5.41, 5.74) is 2.63. The van der Waals surface area contributed by atoms with Crippen LogP contribution in [0.25, 0.3) is 11.1 Å². The van der Waals surface area contributed by atoms with Crippen molar-refractivity contribution in [3.8, 4) is 22.6 Å². The lowest BCUT2D eigenvalue weighted by molar-refractivity contribution is 0.397. The van der Waals surface area contributed by atoms with E-state index in [1.165, 1.54) is 6.07 Å². The molecule has 0 aliphatic carbocycles. The molecule has 0 bridgehead atoms. The number of hydrogen-bond acceptors (Lipinski definition) is 3. The minimum Gasteiger partial charge on any atom is -0.496 e. The lowest BCUT2D eigenvalue weighted by atomic mass is 9.97. The molecule has 2 aromatic rings. The van der Waals surface area contributed by atoms with Crippen molar-refractivity contribution in [1.29, 1.82) is 0 Å². The maximum Gasteiger partial charge on any atom is 0.130 e. The van der Waals surface area contributed by atoms with E-state index in [0.717, 1.165) is 23.2 Å². The first-order valence-corrected chi connectivity index (χ1v) is 6.91. The Morgan fingerprint density at radius 1 is 1.05 bits per heavy atom. The molecule has 112 valence electrons. The summed E-state index contributed by atoms with van der Waals surface area (Å²) in [4.78, 5) is 0. The minimum absolute atomic E-state index is 0.250. The van der Waals surface area contributed by atoms with E-state index in [1.807, 2.05) is 25.1 Å². The van der Waals surface area contributed by atoms with Crippen molar-refractivity contribution in [2.75, 3.05) is 20.8 Å². The van der Waals surface area contributed by atoms with Crippen molar-refractivity contribution >= 4 is 0 Å². The predicted octanol–water partition coefficient (Wildman–Crippen LogP) is 3.62. The Morgan fingerprint density at radius 2 is 1.71 bits per heavy atom. The summed E-state index contributed by atoms with van der Waals surface area (Å²) in [6, 6.07) is 10.4. The van der Waals surface area contributed by atoms with Gasteiger partial charge in [0.1, 0.15) is 17.3 Å². The Morgan fingerprint density at radius 3 is 2.29 bits per heavy atom. The normalized spacial score (nSPS) is 10.5. The van der Waals surface area contributed by atoms with Crippen molar-refractivity contribution in [1.82, 2.24) is 5.32 Å². The Bertz CT molecular complexity index is 591. The second-order valence-corrected chi connectivity index (χ2v) is 4.62. The van der Waals surface area contributed by atoms with Crippen molar-refractivity contribution in [3.63, 3.8) is 0 Å². The monoisotopic (exact) mass is 289 g/mol. The van der Waals surface area contributed by atoms with Crippen LogP contribution in [0, 0.1) is 5.82 Å². The molecule has 4 heteroatoms. The van der Waals surface area contributed by atoms with Crippen LogP contribution in [0.5, 0.6) is 11.5 Å². The number of ether oxygens (including phenoxy) is 2. The van der Waals surface area contributed by atoms with Crippen LogP contribution in [-0.4, -0.2) is 20.8 Å². The minimum atomic E-state index is -0.250. The van der Waals surface area contributed by atoms with Gasteiger partial charge >= 0.3 is 0 Å². The second kappa shape index (κ2) is 7.09. The molecule has 0 aliphatic heterocycles. The highest BCUT2D eigenvalue weighted by Gasteiger charge is 2.16. The Hall–Kier alpha value is -2.07. The Labute approximate surface area is 124 Å². The van der Waals surface area contributed by atoms with Crippen LogP contribution >= 0.6 is 0 Å². The van der Waals surface area contributed by atoms with Crippen LogP contribution in [0.15, 0.2) is 36.4 Å². The van der Waals surface area contributed by atoms with Crippen LogP contribution in [0.1, 0.15) is 12.5 Å². The number of hydrogen-bond donors (Lipinski definition) is 1. The van der Waals surface area contributed by atoms with E-state index in [2.05, 4.69) is 5.32 Å². The van der Waals surface area contributed by atoms with Crippen LogP contribution in [0.2, 0.25) is 0 Å². The molecule has 0 heterocycles. The van der Waals surface area contributed by atoms with Crippen molar-refractivity contribution in [2.45, 2.75) is 13.5 Å². The molecule has 21 heavy (non-hydrogen) atoms. The lowest BCUT2D eigenvalue weighted by Crippen LogP contribution is -2.13. The molecule has 0 spiro atoms. The van der Waals surface area contributed by atoms with Crippen molar-refractivity contribution in [2.24, 2.45) is 0 Å². The fourth-order valence-electron chi connectivity index (χ4n) is 2.33. The maximum atomic E-state index is 13.6. The molecule has 0 aromatic heterocycles. The predicted molar refractivity (Wildman–Crippen MR) is 82.3 cm³/mol. The number of nitrogens with one attached hydrogen (secondary N) is 1. The van der Waals surface area contributed by atoms with Gasteiger partial charge in [-0.25, -0.2) is 4.39 Å². The first-order chi connectivity index (χ1) is 10.2. The van der Waals surface area contributed by atoms with E-state index in [0.29, 0.717) is 18.0 Å². The molecule has 0 aliphatic rings. The molecule has 3 nitrogen and oxygen atoms in total. The molecule has 0 atom stereocenters. The molecule has 2 rings (SSSR count). The molecule has 0 amide bonds. The molecule has 0 radical (unpaired) electrons. The Balaban J connectivity index is 2.60. The summed E-state index contributed by atoms with van der Waals surface area (Å²) >= 11 is 0. The van der Waals surface area contributed by atoms with Gasteiger partial charge < -0.3 is 14.8 Å². The third-order valence-electron chi connectivity index (χ3n) is 3.33. The van der Waals surface area contributed by atoms with Gasteiger partial charge in [0.15, 0.2) is 0 Å². The van der Waals surface area contributed by atoms with E-state index in [-0.39, 0.29) is 5.82 Å². The molecule has 1 N–H and O–H groups in total. The zero-order chi connectivity index (χ0) is 15.2. The second-order valence-electron chi connectivity index (χ2n) is 4.62. The highest BCUT2D eigenvalue weighted by molar-refractivity contribution is 5.79. The maximum absolute atomic E-state index is 13.6. The van der Waals surface area contributed by atoms with Gasteiger partial charge in [0, 0.05) is 6.54 Å². The zero-order valence-electron chi connectivity index (χ0n) is 12.6. The molecule has 0 saturated heterocycles. The fraction of sp³-hybridized carbons (Fsp3) is 0.294. The SMILES string of the molecule is CCNCc1cc(F)ccc1-c1c(OC)cccc1OC. The smallest absolute Gasteiger partial charge is 0.130 e. The van der Waals surface area contributed by atoms with Crippen molar-refractivity contribution in [3.05, 3.63) is 47.8 Å². The summed E-state index contributed by atoms with van der Waals surface area (Å²) < 4.78 is 24.4. The Kier molecular flexibility index (Phi) is 5.17. The third-order valence-corrected chi connectivity index (χ3v) is 3.33. The quantitative estimate of drug-likeness (QED) is 0.881. The zero-order valence-corrected chi connectivity index (χ0v) is 12.6. The first kappa shape index (κ1) is 15.3. The summed E-state index contributed by atoms with van der Waals surface area (Å²) in [5.74, 6) is 1.16. The van der Waals surface area contributed by atoms with Gasteiger partial charge in [-0.1, -0.05) is 19.1 Å². The molecular weight excluding hydrogens is 269 g/mol. The van der Waals surface area contributed by atoms with Gasteiger partial charge in [0.05, 0.1) is 19.8 Å². The van der Waals surface area contributed by atoms with E-state index >= 15 is 0 Å². The summed E-state index contributed by atoms with van der Waals surface area (Å²) in [6.07, 6.45) is 0. The highest BCUT2D eigenvalue weighted by atomic mass is 19.1. The first-order valence-electron chi connectivity index (χ1n) is 6.91. The van der Waals surface area contributed by atoms with Gasteiger partial charge in [0.25, 0.3) is 0 Å². The van der Waals surface area contributed by atoms with E-state index in [1.54, 1.807) is 26.4 Å². The van der Waals surface area contributed by atoms with E-state index < -0.39 is 0 Å². The molecule has 0 fully saturated rings. The highest BCUT2D eigenvalue weighted by Crippen LogP contribution is 2.40. The van der Waals surface area contributed by atoms with Crippen molar-refractivity contribution < 1.29 is 13.9 Å². The largest absolute Gasteiger partial charge is 0.496 e. The number of methoxy groups -OCH3 is 2. The lowest BCUT2D eigenvalue weighted by Gasteiger charge is -2.16. The summed E-state index contributed by atoms with van der Waals surface area (Å²) in [6.45, 7) is 3.42. The third kappa shape index (κ3) is 3.34. The summed E-state index contributed by atoms with van der Waals surface area (Å²) in [5, 5.41) is 3.23. The number of rotatable bonds is 6. The average Bonchev–Trinajstić information content (AvgIpc) is 2.52. The van der Waals surface area contributed by atoms with Gasteiger partial charge in [-0.3, -0.25) is 0 Å². The number of benzene rings is 2. The van der Waals surface area contributed by atoms with Gasteiger partial charge in [0.2, 0.25) is 0 Å². The van der Waals surface area contributed by atoms with Gasteiger partial charge in [-0.2, -0.15) is 0 Å². The van der Waals surface area contributed by atoms with Gasteiger partial charge in [-0.15, -0.1) is 0 Å². The summed E-state index contributed by atoms with van der Waals surface area (Å²) in [7, 11) is 3.23. The topological polar surface area (TPSA) is 30.5 Å². The molecule has 2 aromatic carbocycles. The van der Waals surface area contributed by atoms with Crippen LogP contribution < -0.4 is 14.8 Å². The molecular formula is C17H20FNO2. The van der Waals surface area contributed by atoms with Crippen LogP contribution in [0.4, 0.5) is 4.39 Å². The molecule has 0 unspecified atom stereocenters. The number of halogens is 1. The molecule has 0 saturated carbocycles. The van der Waals surface area contributed by atoms with Gasteiger partial charge in [-0.05, 0) is 41.9 Å². The van der Waals surface area contributed by atoms with Crippen LogP contribution in [-0.2, 0) is 6.54 Å². The van der Waals surface area contributed by atoms with Crippen LogP contribution in [0.3, 0.4) is 0 Å². The standard InChI is InChI=1S/C17H20FNO2/c1-4-19-11-12-10-13(18)8-9-14(12)17-15(20-2)6-5-7-16(17)21-3/h5-10,19H,4,11H2,1-3H3. The average molecular weight is 289 g/mol.